The van der Waals surface area contributed by atoms with Crippen LogP contribution in [0.1, 0.15) is 0 Å². The van der Waals surface area contributed by atoms with Crippen molar-refractivity contribution in [3.63, 3.8) is 0 Å². The summed E-state index contributed by atoms with van der Waals surface area (Å²) in [5.74, 6) is 0.444. The molecule has 0 aromatic carbocycles. The average molecular weight is 144 g/mol. The van der Waals surface area contributed by atoms with Crippen LogP contribution in [0.15, 0.2) is 12.3 Å². The Morgan fingerprint density at radius 2 is 2.67 bits per heavy atom. The molecule has 1 aromatic rings. The van der Waals surface area contributed by atoms with Crippen LogP contribution in [0.4, 0.5) is 0 Å². The fraction of sp³-hybridized carbons (Fsp3) is 0.200. The van der Waals surface area contributed by atoms with E-state index in [9.17, 15) is 0 Å². The summed E-state index contributed by atoms with van der Waals surface area (Å²) < 4.78 is 4.79. The zero-order chi connectivity index (χ0) is 6.53. The molecule has 9 heavy (non-hydrogen) atoms. The molecule has 0 unspecified atom stereocenters. The molecule has 0 spiro atoms. The summed E-state index contributed by atoms with van der Waals surface area (Å²) in [5.41, 5.74) is 0. The van der Waals surface area contributed by atoms with Crippen molar-refractivity contribution in [2.45, 2.75) is 0 Å². The Balaban J connectivity index is 2.61. The Kier molecular flexibility index (Phi) is 2.27. The van der Waals surface area contributed by atoms with Gasteiger partial charge in [0, 0.05) is 12.3 Å². The fourth-order valence-electron chi connectivity index (χ4n) is 0.386. The molecule has 0 aliphatic heterocycles. The minimum Gasteiger partial charge on any atom is -0.461 e. The molecule has 0 amide bonds. The zero-order valence-electron chi connectivity index (χ0n) is 4.54. The summed E-state index contributed by atoms with van der Waals surface area (Å²) in [6, 6.07) is 1.71. The second kappa shape index (κ2) is 3.25. The van der Waals surface area contributed by atoms with Gasteiger partial charge in [-0.3, -0.25) is 0 Å². The maximum absolute atomic E-state index is 5.24. The molecule has 0 N–H and O–H groups in total. The van der Waals surface area contributed by atoms with Crippen molar-refractivity contribution in [2.24, 2.45) is 0 Å². The van der Waals surface area contributed by atoms with Gasteiger partial charge in [-0.2, -0.15) is 4.98 Å². The summed E-state index contributed by atoms with van der Waals surface area (Å²) in [6.45, 7) is 0. The lowest BCUT2D eigenvalue weighted by Gasteiger charge is -1.95. The molecule has 1 rings (SSSR count). The van der Waals surface area contributed by atoms with Gasteiger partial charge in [-0.25, -0.2) is 4.98 Å². The Bertz CT molecular complexity index is 168. The molecule has 1 radical (unpaired) electrons. The molecule has 0 aliphatic rings. The molecule has 0 aliphatic carbocycles. The van der Waals surface area contributed by atoms with Crippen LogP contribution in [0, 0.1) is 6.33 Å². The first-order valence-corrected chi connectivity index (χ1v) is 2.85. The van der Waals surface area contributed by atoms with E-state index in [1.807, 2.05) is 0 Å². The third kappa shape index (κ3) is 1.85. The number of ether oxygens (including phenoxy) is 1. The molecule has 0 bridgehead atoms. The summed E-state index contributed by atoms with van der Waals surface area (Å²) in [4.78, 5) is 7.19. The van der Waals surface area contributed by atoms with Crippen molar-refractivity contribution < 1.29 is 4.74 Å². The quantitative estimate of drug-likeness (QED) is 0.576. The van der Waals surface area contributed by atoms with Crippen LogP contribution in [0.3, 0.4) is 0 Å². The highest BCUT2D eigenvalue weighted by molar-refractivity contribution is 6.17. The van der Waals surface area contributed by atoms with Crippen LogP contribution in [0.25, 0.3) is 0 Å². The lowest BCUT2D eigenvalue weighted by molar-refractivity contribution is 0.371. The van der Waals surface area contributed by atoms with Crippen LogP contribution in [0.2, 0.25) is 0 Å². The second-order valence-corrected chi connectivity index (χ2v) is 1.47. The van der Waals surface area contributed by atoms with Crippen molar-refractivity contribution in [3.05, 3.63) is 18.6 Å². The van der Waals surface area contributed by atoms with Crippen LogP contribution >= 0.6 is 11.6 Å². The van der Waals surface area contributed by atoms with Gasteiger partial charge in [0.25, 0.3) is 0 Å². The molecule has 1 heterocycles. The number of halogens is 1. The van der Waals surface area contributed by atoms with E-state index in [-0.39, 0.29) is 6.07 Å². The highest BCUT2D eigenvalue weighted by Gasteiger charge is 1.88. The van der Waals surface area contributed by atoms with Gasteiger partial charge in [0.2, 0.25) is 12.2 Å². The molecule has 0 saturated heterocycles. The lowest BCUT2D eigenvalue weighted by atomic mass is 10.6. The van der Waals surface area contributed by atoms with E-state index >= 15 is 0 Å². The Morgan fingerprint density at radius 1 is 1.78 bits per heavy atom. The smallest absolute Gasteiger partial charge is 0.218 e. The van der Waals surface area contributed by atoms with Gasteiger partial charge >= 0.3 is 0 Å². The molecule has 0 fully saturated rings. The third-order valence-electron chi connectivity index (χ3n) is 0.712. The van der Waals surface area contributed by atoms with Crippen molar-refractivity contribution in [3.8, 4) is 5.88 Å². The molecule has 0 atom stereocenters. The number of hydrogen-bond donors (Lipinski definition) is 0. The van der Waals surface area contributed by atoms with Crippen molar-refractivity contribution in [1.82, 2.24) is 9.97 Å². The summed E-state index contributed by atoms with van der Waals surface area (Å²) in [6.07, 6.45) is 3.90. The van der Waals surface area contributed by atoms with E-state index in [4.69, 9.17) is 16.3 Å². The van der Waals surface area contributed by atoms with Gasteiger partial charge in [-0.05, 0) is 0 Å². The highest BCUT2D eigenvalue weighted by atomic mass is 35.5. The maximum Gasteiger partial charge on any atom is 0.218 e. The van der Waals surface area contributed by atoms with Gasteiger partial charge in [0.15, 0.2) is 6.07 Å². The predicted molar refractivity (Wildman–Crippen MR) is 32.2 cm³/mol. The van der Waals surface area contributed by atoms with E-state index in [0.717, 1.165) is 0 Å². The van der Waals surface area contributed by atoms with Crippen LogP contribution in [0.5, 0.6) is 5.88 Å². The maximum atomic E-state index is 5.24. The minimum atomic E-state index is 0.102. The van der Waals surface area contributed by atoms with Crippen LogP contribution in [-0.2, 0) is 0 Å². The first kappa shape index (κ1) is 6.29. The fourth-order valence-corrected chi connectivity index (χ4v) is 0.498. The highest BCUT2D eigenvalue weighted by Crippen LogP contribution is 2.00. The molecule has 47 valence electrons. The first-order valence-electron chi connectivity index (χ1n) is 2.31. The number of hydrogen-bond acceptors (Lipinski definition) is 3. The van der Waals surface area contributed by atoms with Gasteiger partial charge in [-0.15, -0.1) is 0 Å². The largest absolute Gasteiger partial charge is 0.461 e. The van der Waals surface area contributed by atoms with Gasteiger partial charge in [0.1, 0.15) is 0 Å². The summed E-state index contributed by atoms with van der Waals surface area (Å²) >= 11 is 5.24. The topological polar surface area (TPSA) is 35.0 Å². The molecule has 4 heteroatoms. The van der Waals surface area contributed by atoms with E-state index in [0.29, 0.717) is 5.88 Å². The van der Waals surface area contributed by atoms with E-state index in [1.54, 1.807) is 6.07 Å². The van der Waals surface area contributed by atoms with E-state index in [1.165, 1.54) is 6.20 Å². The Hall–Kier alpha value is -0.830. The van der Waals surface area contributed by atoms with E-state index < -0.39 is 0 Å². The van der Waals surface area contributed by atoms with Crippen LogP contribution in [-0.4, -0.2) is 16.0 Å². The van der Waals surface area contributed by atoms with Gasteiger partial charge in [0.05, 0.1) is 0 Å². The molecular weight excluding hydrogens is 140 g/mol. The normalized spacial score (nSPS) is 9.00. The predicted octanol–water partition coefficient (Wildman–Crippen LogP) is 0.852. The molecule has 3 nitrogen and oxygen atoms in total. The first-order chi connectivity index (χ1) is 4.43. The second-order valence-electron chi connectivity index (χ2n) is 1.25. The Labute approximate surface area is 57.7 Å². The summed E-state index contributed by atoms with van der Waals surface area (Å²) in [7, 11) is 0. The number of nitrogens with zero attached hydrogens (tertiary/aromatic N) is 2. The lowest BCUT2D eigenvalue weighted by Crippen LogP contribution is -1.91. The van der Waals surface area contributed by atoms with Crippen molar-refractivity contribution in [1.29, 1.82) is 0 Å². The Morgan fingerprint density at radius 3 is 3.22 bits per heavy atom. The van der Waals surface area contributed by atoms with Crippen LogP contribution < -0.4 is 4.74 Å². The van der Waals surface area contributed by atoms with Crippen molar-refractivity contribution in [2.75, 3.05) is 6.07 Å². The number of aromatic nitrogens is 2. The number of rotatable bonds is 2. The minimum absolute atomic E-state index is 0.102. The summed E-state index contributed by atoms with van der Waals surface area (Å²) in [5, 5.41) is 0. The van der Waals surface area contributed by atoms with Gasteiger partial charge < -0.3 is 4.74 Å². The van der Waals surface area contributed by atoms with E-state index in [2.05, 4.69) is 16.3 Å². The SMILES string of the molecule is ClCOc1ccn[c]n1. The number of alkyl halides is 1. The zero-order valence-corrected chi connectivity index (χ0v) is 5.30. The third-order valence-corrected chi connectivity index (χ3v) is 0.821. The molecular formula is C5H4ClN2O. The standard InChI is InChI=1S/C5H4ClN2O/c6-3-9-5-1-2-7-4-8-5/h1-2H,3H2. The van der Waals surface area contributed by atoms with Crippen molar-refractivity contribution >= 4 is 11.6 Å². The monoisotopic (exact) mass is 143 g/mol. The van der Waals surface area contributed by atoms with Gasteiger partial charge in [-0.1, -0.05) is 11.6 Å². The molecule has 1 aromatic heterocycles. The average Bonchev–Trinajstić information content (AvgIpc) is 1.91. The molecule has 0 saturated carbocycles.